The summed E-state index contributed by atoms with van der Waals surface area (Å²) in [7, 11) is 1.37. The second-order valence-corrected chi connectivity index (χ2v) is 5.76. The van der Waals surface area contributed by atoms with E-state index in [0.29, 0.717) is 5.75 Å². The zero-order chi connectivity index (χ0) is 20.1. The van der Waals surface area contributed by atoms with E-state index < -0.39 is 23.4 Å². The highest BCUT2D eigenvalue weighted by molar-refractivity contribution is 5.98. The molecule has 1 N–H and O–H groups in total. The molecule has 0 unspecified atom stereocenters. The van der Waals surface area contributed by atoms with E-state index in [1.165, 1.54) is 19.2 Å². The molecule has 1 aliphatic heterocycles. The number of hydrogen-bond acceptors (Lipinski definition) is 7. The Labute approximate surface area is 159 Å². The van der Waals surface area contributed by atoms with Gasteiger partial charge in [0.1, 0.15) is 18.1 Å². The smallest absolute Gasteiger partial charge is 0.338 e. The van der Waals surface area contributed by atoms with Gasteiger partial charge in [-0.15, -0.1) is 0 Å². The van der Waals surface area contributed by atoms with E-state index in [4.69, 9.17) is 14.2 Å². The van der Waals surface area contributed by atoms with Crippen molar-refractivity contribution >= 4 is 29.3 Å². The van der Waals surface area contributed by atoms with Gasteiger partial charge in [-0.25, -0.2) is 4.79 Å². The first kappa shape index (κ1) is 18.9. The summed E-state index contributed by atoms with van der Waals surface area (Å²) in [5.74, 6) is -0.444. The molecule has 0 radical (unpaired) electrons. The summed E-state index contributed by atoms with van der Waals surface area (Å²) in [6.45, 7) is -0.528. The lowest BCUT2D eigenvalue weighted by Gasteiger charge is -2.17. The number of ether oxygens (including phenoxy) is 3. The number of carbonyl (C=O) groups excluding carboxylic acids is 2. The number of esters is 1. The molecule has 28 heavy (non-hydrogen) atoms. The zero-order valence-corrected chi connectivity index (χ0v) is 14.8. The van der Waals surface area contributed by atoms with Gasteiger partial charge in [0.25, 0.3) is 11.6 Å². The molecule has 0 atom stereocenters. The Morgan fingerprint density at radius 1 is 1.25 bits per heavy atom. The Morgan fingerprint density at radius 2 is 2.04 bits per heavy atom. The Morgan fingerprint density at radius 3 is 2.79 bits per heavy atom. The molecular weight excluding hydrogens is 368 g/mol. The number of rotatable bonds is 6. The summed E-state index contributed by atoms with van der Waals surface area (Å²) in [6, 6.07) is 11.0. The lowest BCUT2D eigenvalue weighted by atomic mass is 10.1. The van der Waals surface area contributed by atoms with E-state index in [9.17, 15) is 19.7 Å². The van der Waals surface area contributed by atoms with Gasteiger partial charge in [0.05, 0.1) is 23.3 Å². The number of fused-ring (bicyclic) bond motifs is 1. The maximum Gasteiger partial charge on any atom is 0.338 e. The summed E-state index contributed by atoms with van der Waals surface area (Å²) in [5.41, 5.74) is 0.911. The lowest BCUT2D eigenvalue weighted by Crippen LogP contribution is -2.24. The van der Waals surface area contributed by atoms with Crippen molar-refractivity contribution in [3.8, 4) is 11.5 Å². The topological polar surface area (TPSA) is 117 Å². The number of nitro groups is 1. The van der Waals surface area contributed by atoms with Gasteiger partial charge in [0, 0.05) is 17.7 Å². The standard InChI is InChI=1S/C19H16N2O7/c1-26-17-7-6-14(21(24)25)9-15(17)20-18(22)11-28-19(23)13-8-12-4-2-3-5-16(12)27-10-13/h2-9H,10-11H2,1H3,(H,20,22). The average Bonchev–Trinajstić information content (AvgIpc) is 2.71. The van der Waals surface area contributed by atoms with Gasteiger partial charge in [-0.3, -0.25) is 14.9 Å². The molecular formula is C19H16N2O7. The summed E-state index contributed by atoms with van der Waals surface area (Å²) in [6.07, 6.45) is 1.64. The highest BCUT2D eigenvalue weighted by Gasteiger charge is 2.20. The maximum absolute atomic E-state index is 12.2. The van der Waals surface area contributed by atoms with Gasteiger partial charge in [0.2, 0.25) is 0 Å². The van der Waals surface area contributed by atoms with Crippen molar-refractivity contribution in [2.75, 3.05) is 25.6 Å². The van der Waals surface area contributed by atoms with E-state index in [0.717, 1.165) is 11.6 Å². The van der Waals surface area contributed by atoms with Crippen molar-refractivity contribution in [3.63, 3.8) is 0 Å². The van der Waals surface area contributed by atoms with Crippen LogP contribution < -0.4 is 14.8 Å². The molecule has 1 amide bonds. The van der Waals surface area contributed by atoms with Crippen molar-refractivity contribution in [2.24, 2.45) is 0 Å². The molecule has 0 spiro atoms. The fourth-order valence-corrected chi connectivity index (χ4v) is 2.55. The molecule has 1 aliphatic rings. The van der Waals surface area contributed by atoms with Gasteiger partial charge >= 0.3 is 5.97 Å². The number of nitrogens with zero attached hydrogens (tertiary/aromatic N) is 1. The van der Waals surface area contributed by atoms with Crippen LogP contribution in [0.3, 0.4) is 0 Å². The first-order valence-corrected chi connectivity index (χ1v) is 8.19. The molecule has 3 rings (SSSR count). The molecule has 0 saturated carbocycles. The Balaban J connectivity index is 1.62. The van der Waals surface area contributed by atoms with Crippen LogP contribution in [0.5, 0.6) is 11.5 Å². The number of nitrogens with one attached hydrogen (secondary N) is 1. The normalized spacial score (nSPS) is 12.1. The SMILES string of the molecule is COc1ccc([N+](=O)[O-])cc1NC(=O)COC(=O)C1=Cc2ccccc2OC1. The van der Waals surface area contributed by atoms with Crippen LogP contribution in [0.1, 0.15) is 5.56 Å². The maximum atomic E-state index is 12.2. The Hall–Kier alpha value is -3.88. The molecule has 0 bridgehead atoms. The van der Waals surface area contributed by atoms with Crippen molar-refractivity contribution in [2.45, 2.75) is 0 Å². The number of methoxy groups -OCH3 is 1. The highest BCUT2D eigenvalue weighted by Crippen LogP contribution is 2.29. The third-order valence-corrected chi connectivity index (χ3v) is 3.90. The second kappa shape index (κ2) is 8.21. The van der Waals surface area contributed by atoms with Gasteiger partial charge in [0.15, 0.2) is 6.61 Å². The number of amides is 1. The molecule has 0 fully saturated rings. The van der Waals surface area contributed by atoms with Crippen molar-refractivity contribution in [1.82, 2.24) is 0 Å². The molecule has 2 aromatic carbocycles. The molecule has 0 saturated heterocycles. The largest absolute Gasteiger partial charge is 0.495 e. The van der Waals surface area contributed by atoms with Crippen LogP contribution in [0, 0.1) is 10.1 Å². The molecule has 9 heteroatoms. The van der Waals surface area contributed by atoms with Crippen molar-refractivity contribution in [3.05, 3.63) is 63.7 Å². The fourth-order valence-electron chi connectivity index (χ4n) is 2.55. The Kier molecular flexibility index (Phi) is 5.54. The molecule has 2 aromatic rings. The summed E-state index contributed by atoms with van der Waals surface area (Å²) >= 11 is 0. The summed E-state index contributed by atoms with van der Waals surface area (Å²) < 4.78 is 15.5. The van der Waals surface area contributed by atoms with Crippen LogP contribution in [-0.4, -0.2) is 37.1 Å². The minimum atomic E-state index is -0.685. The van der Waals surface area contributed by atoms with Crippen LogP contribution in [0.15, 0.2) is 48.0 Å². The first-order valence-electron chi connectivity index (χ1n) is 8.19. The number of anilines is 1. The van der Waals surface area contributed by atoms with E-state index >= 15 is 0 Å². The monoisotopic (exact) mass is 384 g/mol. The minimum absolute atomic E-state index is 0.0379. The van der Waals surface area contributed by atoms with Crippen LogP contribution in [-0.2, 0) is 14.3 Å². The van der Waals surface area contributed by atoms with Gasteiger partial charge < -0.3 is 19.5 Å². The summed E-state index contributed by atoms with van der Waals surface area (Å²) in [4.78, 5) is 34.5. The number of benzene rings is 2. The summed E-state index contributed by atoms with van der Waals surface area (Å²) in [5, 5.41) is 13.3. The fraction of sp³-hybridized carbons (Fsp3) is 0.158. The number of hydrogen-bond donors (Lipinski definition) is 1. The van der Waals surface area contributed by atoms with E-state index in [-0.39, 0.29) is 29.3 Å². The van der Waals surface area contributed by atoms with Gasteiger partial charge in [-0.2, -0.15) is 0 Å². The first-order chi connectivity index (χ1) is 13.5. The Bertz CT molecular complexity index is 969. The molecule has 144 valence electrons. The highest BCUT2D eigenvalue weighted by atomic mass is 16.6. The van der Waals surface area contributed by atoms with Crippen LogP contribution in [0.4, 0.5) is 11.4 Å². The molecule has 0 aliphatic carbocycles. The lowest BCUT2D eigenvalue weighted by molar-refractivity contribution is -0.384. The average molecular weight is 384 g/mol. The number of carbonyl (C=O) groups is 2. The van der Waals surface area contributed by atoms with E-state index in [2.05, 4.69) is 5.32 Å². The zero-order valence-electron chi connectivity index (χ0n) is 14.8. The van der Waals surface area contributed by atoms with Crippen LogP contribution in [0.25, 0.3) is 6.08 Å². The number of non-ortho nitro benzene ring substituents is 1. The minimum Gasteiger partial charge on any atom is -0.495 e. The van der Waals surface area contributed by atoms with Crippen molar-refractivity contribution in [1.29, 1.82) is 0 Å². The third-order valence-electron chi connectivity index (χ3n) is 3.90. The van der Waals surface area contributed by atoms with Crippen molar-refractivity contribution < 1.29 is 28.7 Å². The van der Waals surface area contributed by atoms with Crippen LogP contribution in [0.2, 0.25) is 0 Å². The predicted molar refractivity (Wildman–Crippen MR) is 99.2 cm³/mol. The predicted octanol–water partition coefficient (Wildman–Crippen LogP) is 2.56. The van der Waals surface area contributed by atoms with Crippen LogP contribution >= 0.6 is 0 Å². The quantitative estimate of drug-likeness (QED) is 0.462. The molecule has 9 nitrogen and oxygen atoms in total. The third kappa shape index (κ3) is 4.26. The van der Waals surface area contributed by atoms with E-state index in [1.807, 2.05) is 12.1 Å². The molecule has 1 heterocycles. The number of para-hydroxylation sites is 1. The van der Waals surface area contributed by atoms with Gasteiger partial charge in [-0.1, -0.05) is 18.2 Å². The number of nitro benzene ring substituents is 1. The van der Waals surface area contributed by atoms with Gasteiger partial charge in [-0.05, 0) is 18.2 Å². The molecule has 0 aromatic heterocycles. The second-order valence-electron chi connectivity index (χ2n) is 5.76. The van der Waals surface area contributed by atoms with E-state index in [1.54, 1.807) is 18.2 Å².